The normalized spacial score (nSPS) is 20.9. The second-order valence-electron chi connectivity index (χ2n) is 3.39. The SMILES string of the molecule is CCCN1C(=O)NC(c2cccs2)C1=O. The van der Waals surface area contributed by atoms with E-state index in [9.17, 15) is 9.59 Å². The number of imide groups is 1. The highest BCUT2D eigenvalue weighted by atomic mass is 32.1. The number of carbonyl (C=O) groups is 2. The van der Waals surface area contributed by atoms with Gasteiger partial charge in [0.2, 0.25) is 0 Å². The fourth-order valence-corrected chi connectivity index (χ4v) is 2.37. The van der Waals surface area contributed by atoms with Crippen molar-refractivity contribution in [3.05, 3.63) is 22.4 Å². The predicted molar refractivity (Wildman–Crippen MR) is 57.6 cm³/mol. The molecule has 1 aliphatic heterocycles. The first-order chi connectivity index (χ1) is 7.24. The van der Waals surface area contributed by atoms with Crippen LogP contribution in [-0.4, -0.2) is 23.4 Å². The molecule has 1 aromatic heterocycles. The minimum absolute atomic E-state index is 0.135. The van der Waals surface area contributed by atoms with Crippen molar-refractivity contribution >= 4 is 23.3 Å². The highest BCUT2D eigenvalue weighted by Crippen LogP contribution is 2.25. The number of nitrogens with one attached hydrogen (secondary N) is 1. The van der Waals surface area contributed by atoms with Gasteiger partial charge in [-0.25, -0.2) is 4.79 Å². The zero-order valence-electron chi connectivity index (χ0n) is 8.40. The average molecular weight is 224 g/mol. The van der Waals surface area contributed by atoms with Gasteiger partial charge >= 0.3 is 6.03 Å². The van der Waals surface area contributed by atoms with E-state index in [1.165, 1.54) is 16.2 Å². The molecule has 1 aromatic rings. The molecule has 1 saturated heterocycles. The highest BCUT2D eigenvalue weighted by Gasteiger charge is 2.38. The van der Waals surface area contributed by atoms with E-state index in [2.05, 4.69) is 5.32 Å². The van der Waals surface area contributed by atoms with E-state index in [4.69, 9.17) is 0 Å². The summed E-state index contributed by atoms with van der Waals surface area (Å²) in [6, 6.07) is 2.99. The maximum absolute atomic E-state index is 11.9. The van der Waals surface area contributed by atoms with E-state index >= 15 is 0 Å². The van der Waals surface area contributed by atoms with Crippen molar-refractivity contribution in [2.75, 3.05) is 6.54 Å². The Hall–Kier alpha value is -1.36. The van der Waals surface area contributed by atoms with Gasteiger partial charge in [-0.3, -0.25) is 9.69 Å². The lowest BCUT2D eigenvalue weighted by Gasteiger charge is -2.10. The van der Waals surface area contributed by atoms with Crippen LogP contribution in [0.3, 0.4) is 0 Å². The topological polar surface area (TPSA) is 49.4 Å². The molecule has 2 rings (SSSR count). The molecule has 1 N–H and O–H groups in total. The summed E-state index contributed by atoms with van der Waals surface area (Å²) in [4.78, 5) is 25.5. The third kappa shape index (κ3) is 1.74. The van der Waals surface area contributed by atoms with Gasteiger partial charge in [0.1, 0.15) is 6.04 Å². The van der Waals surface area contributed by atoms with E-state index in [1.54, 1.807) is 0 Å². The van der Waals surface area contributed by atoms with Gasteiger partial charge in [-0.05, 0) is 17.9 Å². The number of hydrogen-bond donors (Lipinski definition) is 1. The lowest BCUT2D eigenvalue weighted by Crippen LogP contribution is -2.31. The molecule has 5 heteroatoms. The van der Waals surface area contributed by atoms with Crippen LogP contribution in [0.15, 0.2) is 17.5 Å². The number of nitrogens with zero attached hydrogens (tertiary/aromatic N) is 1. The van der Waals surface area contributed by atoms with Crippen LogP contribution >= 0.6 is 11.3 Å². The smallest absolute Gasteiger partial charge is 0.321 e. The largest absolute Gasteiger partial charge is 0.325 e. The fraction of sp³-hybridized carbons (Fsp3) is 0.400. The number of rotatable bonds is 3. The Morgan fingerprint density at radius 1 is 1.53 bits per heavy atom. The van der Waals surface area contributed by atoms with Gasteiger partial charge in [0.05, 0.1) is 0 Å². The summed E-state index contributed by atoms with van der Waals surface area (Å²) in [5, 5.41) is 4.59. The Bertz CT molecular complexity index is 375. The van der Waals surface area contributed by atoms with Crippen molar-refractivity contribution in [3.8, 4) is 0 Å². The van der Waals surface area contributed by atoms with Crippen LogP contribution in [0.4, 0.5) is 4.79 Å². The highest BCUT2D eigenvalue weighted by molar-refractivity contribution is 7.10. The number of hydrogen-bond acceptors (Lipinski definition) is 3. The summed E-state index contributed by atoms with van der Waals surface area (Å²) in [5.41, 5.74) is 0. The van der Waals surface area contributed by atoms with Gasteiger partial charge in [-0.1, -0.05) is 13.0 Å². The molecule has 0 aromatic carbocycles. The van der Waals surface area contributed by atoms with E-state index in [0.29, 0.717) is 6.54 Å². The van der Waals surface area contributed by atoms with Gasteiger partial charge in [-0.2, -0.15) is 0 Å². The molecule has 0 spiro atoms. The van der Waals surface area contributed by atoms with E-state index < -0.39 is 6.04 Å². The number of carbonyl (C=O) groups excluding carboxylic acids is 2. The van der Waals surface area contributed by atoms with Crippen molar-refractivity contribution in [1.29, 1.82) is 0 Å². The molecule has 4 nitrogen and oxygen atoms in total. The molecule has 15 heavy (non-hydrogen) atoms. The van der Waals surface area contributed by atoms with Gasteiger partial charge < -0.3 is 5.32 Å². The Labute approximate surface area is 91.9 Å². The molecule has 1 aliphatic rings. The first kappa shape index (κ1) is 10.2. The second-order valence-corrected chi connectivity index (χ2v) is 4.37. The Balaban J connectivity index is 2.18. The molecule has 0 saturated carbocycles. The third-order valence-electron chi connectivity index (χ3n) is 2.30. The minimum atomic E-state index is -0.468. The zero-order valence-corrected chi connectivity index (χ0v) is 9.21. The summed E-state index contributed by atoms with van der Waals surface area (Å²) >= 11 is 1.48. The maximum Gasteiger partial charge on any atom is 0.325 e. The molecule has 0 radical (unpaired) electrons. The van der Waals surface area contributed by atoms with Crippen LogP contribution in [0.25, 0.3) is 0 Å². The number of amides is 3. The molecule has 2 heterocycles. The Morgan fingerprint density at radius 2 is 2.33 bits per heavy atom. The lowest BCUT2D eigenvalue weighted by atomic mass is 10.2. The predicted octanol–water partition coefficient (Wildman–Crippen LogP) is 1.75. The van der Waals surface area contributed by atoms with Crippen LogP contribution in [0.5, 0.6) is 0 Å². The maximum atomic E-state index is 11.9. The first-order valence-electron chi connectivity index (χ1n) is 4.89. The molecule has 1 fully saturated rings. The summed E-state index contributed by atoms with van der Waals surface area (Å²) in [6.45, 7) is 2.44. The summed E-state index contributed by atoms with van der Waals surface area (Å²) in [5.74, 6) is -0.135. The standard InChI is InChI=1S/C10H12N2O2S/c1-2-5-12-9(13)8(11-10(12)14)7-4-3-6-15-7/h3-4,6,8H,2,5H2,1H3,(H,11,14). The summed E-state index contributed by atoms with van der Waals surface area (Å²) in [6.07, 6.45) is 0.788. The van der Waals surface area contributed by atoms with Crippen LogP contribution in [-0.2, 0) is 4.79 Å². The van der Waals surface area contributed by atoms with Gasteiger partial charge in [0.15, 0.2) is 0 Å². The van der Waals surface area contributed by atoms with Crippen molar-refractivity contribution in [2.24, 2.45) is 0 Å². The molecular weight excluding hydrogens is 212 g/mol. The number of thiophene rings is 1. The summed E-state index contributed by atoms with van der Waals surface area (Å²) in [7, 11) is 0. The van der Waals surface area contributed by atoms with Crippen molar-refractivity contribution in [3.63, 3.8) is 0 Å². The van der Waals surface area contributed by atoms with Crippen LogP contribution in [0.2, 0.25) is 0 Å². The summed E-state index contributed by atoms with van der Waals surface area (Å²) < 4.78 is 0. The zero-order chi connectivity index (χ0) is 10.8. The third-order valence-corrected chi connectivity index (χ3v) is 3.24. The molecule has 3 amide bonds. The van der Waals surface area contributed by atoms with E-state index in [-0.39, 0.29) is 11.9 Å². The Kier molecular flexibility index (Phi) is 2.73. The minimum Gasteiger partial charge on any atom is -0.321 e. The van der Waals surface area contributed by atoms with Gasteiger partial charge in [0, 0.05) is 11.4 Å². The molecule has 80 valence electrons. The van der Waals surface area contributed by atoms with Crippen LogP contribution < -0.4 is 5.32 Å². The van der Waals surface area contributed by atoms with E-state index in [1.807, 2.05) is 24.4 Å². The van der Waals surface area contributed by atoms with Crippen molar-refractivity contribution in [2.45, 2.75) is 19.4 Å². The monoisotopic (exact) mass is 224 g/mol. The quantitative estimate of drug-likeness (QED) is 0.795. The molecular formula is C10H12N2O2S. The molecule has 0 aliphatic carbocycles. The van der Waals surface area contributed by atoms with Crippen molar-refractivity contribution < 1.29 is 9.59 Å². The molecule has 1 unspecified atom stereocenters. The average Bonchev–Trinajstić information content (AvgIpc) is 2.81. The Morgan fingerprint density at radius 3 is 2.93 bits per heavy atom. The van der Waals surface area contributed by atoms with E-state index in [0.717, 1.165) is 11.3 Å². The molecule has 0 bridgehead atoms. The number of urea groups is 1. The van der Waals surface area contributed by atoms with Gasteiger partial charge in [-0.15, -0.1) is 11.3 Å². The fourth-order valence-electron chi connectivity index (χ4n) is 1.60. The van der Waals surface area contributed by atoms with Gasteiger partial charge in [0.25, 0.3) is 5.91 Å². The van der Waals surface area contributed by atoms with Crippen LogP contribution in [0.1, 0.15) is 24.3 Å². The van der Waals surface area contributed by atoms with Crippen molar-refractivity contribution in [1.82, 2.24) is 10.2 Å². The second kappa shape index (κ2) is 4.02. The first-order valence-corrected chi connectivity index (χ1v) is 5.77. The van der Waals surface area contributed by atoms with Crippen LogP contribution in [0, 0.1) is 0 Å². The molecule has 1 atom stereocenters. The lowest BCUT2D eigenvalue weighted by molar-refractivity contribution is -0.127.